The van der Waals surface area contributed by atoms with Gasteiger partial charge in [0.15, 0.2) is 0 Å². The zero-order valence-electron chi connectivity index (χ0n) is 11.3. The fraction of sp³-hybridized carbons (Fsp3) is 0.667. The highest BCUT2D eigenvalue weighted by molar-refractivity contribution is 5.66. The van der Waals surface area contributed by atoms with Gasteiger partial charge in [-0.15, -0.1) is 6.58 Å². The first-order valence-corrected chi connectivity index (χ1v) is 6.90. The lowest BCUT2D eigenvalue weighted by atomic mass is 9.97. The van der Waals surface area contributed by atoms with Crippen LogP contribution < -0.4 is 5.73 Å². The number of hydrogen-bond acceptors (Lipinski definition) is 2. The predicted octanol–water partition coefficient (Wildman–Crippen LogP) is 3.51. The van der Waals surface area contributed by atoms with Gasteiger partial charge in [0.2, 0.25) is 0 Å². The normalized spacial score (nSPS) is 12.7. The summed E-state index contributed by atoms with van der Waals surface area (Å²) in [5.41, 5.74) is 5.39. The predicted molar refractivity (Wildman–Crippen MR) is 76.5 cm³/mol. The molecular formula is C15H27NO2. The van der Waals surface area contributed by atoms with Gasteiger partial charge in [0.25, 0.3) is 0 Å². The van der Waals surface area contributed by atoms with E-state index in [0.29, 0.717) is 18.9 Å². The van der Waals surface area contributed by atoms with E-state index in [9.17, 15) is 4.79 Å². The van der Waals surface area contributed by atoms with Crippen LogP contribution in [0.15, 0.2) is 24.8 Å². The maximum atomic E-state index is 10.3. The lowest BCUT2D eigenvalue weighted by Crippen LogP contribution is -1.97. The Labute approximate surface area is 111 Å². The lowest BCUT2D eigenvalue weighted by Gasteiger charge is -2.09. The van der Waals surface area contributed by atoms with Crippen molar-refractivity contribution < 1.29 is 9.90 Å². The molecular weight excluding hydrogens is 226 g/mol. The molecule has 0 bridgehead atoms. The van der Waals surface area contributed by atoms with Crippen molar-refractivity contribution in [3.63, 3.8) is 0 Å². The average Bonchev–Trinajstić information content (AvgIpc) is 2.35. The van der Waals surface area contributed by atoms with E-state index >= 15 is 0 Å². The molecule has 3 nitrogen and oxygen atoms in total. The van der Waals surface area contributed by atoms with Gasteiger partial charge in [-0.3, -0.25) is 4.79 Å². The van der Waals surface area contributed by atoms with Crippen LogP contribution in [0.3, 0.4) is 0 Å². The number of rotatable bonds is 12. The van der Waals surface area contributed by atoms with Gasteiger partial charge in [-0.1, -0.05) is 43.9 Å². The molecule has 0 aliphatic carbocycles. The van der Waals surface area contributed by atoms with Crippen molar-refractivity contribution in [3.8, 4) is 0 Å². The summed E-state index contributed by atoms with van der Waals surface area (Å²) in [6.07, 6.45) is 14.0. The minimum Gasteiger partial charge on any atom is -0.481 e. The molecule has 0 aromatic heterocycles. The molecule has 0 amide bonds. The second-order valence-corrected chi connectivity index (χ2v) is 4.64. The zero-order valence-corrected chi connectivity index (χ0v) is 11.3. The van der Waals surface area contributed by atoms with E-state index in [1.807, 2.05) is 12.2 Å². The summed E-state index contributed by atoms with van der Waals surface area (Å²) in [6, 6.07) is 0. The molecule has 0 aromatic carbocycles. The fourth-order valence-corrected chi connectivity index (χ4v) is 1.91. The number of unbranched alkanes of at least 4 members (excludes halogenated alkanes) is 4. The molecule has 104 valence electrons. The van der Waals surface area contributed by atoms with Crippen LogP contribution in [0.25, 0.3) is 0 Å². The first-order valence-electron chi connectivity index (χ1n) is 6.90. The quantitative estimate of drug-likeness (QED) is 0.413. The Morgan fingerprint density at radius 3 is 2.44 bits per heavy atom. The molecule has 0 aliphatic rings. The molecule has 3 heteroatoms. The standard InChI is InChI=1S/C15H27NO2/c1-2-14(11-8-9-13-16)10-6-4-3-5-7-12-15(17)18/h2,8-9,14H,1,3-7,10-13,16H2,(H,17,18). The summed E-state index contributed by atoms with van der Waals surface area (Å²) >= 11 is 0. The molecule has 1 atom stereocenters. The number of hydrogen-bond donors (Lipinski definition) is 2. The minimum atomic E-state index is -0.687. The number of aliphatic carboxylic acids is 1. The number of carboxylic acid groups (broad SMARTS) is 1. The number of carboxylic acids is 1. The third kappa shape index (κ3) is 11.4. The van der Waals surface area contributed by atoms with E-state index in [1.165, 1.54) is 12.8 Å². The summed E-state index contributed by atoms with van der Waals surface area (Å²) in [5, 5.41) is 8.50. The van der Waals surface area contributed by atoms with Crippen molar-refractivity contribution in [2.24, 2.45) is 11.7 Å². The Morgan fingerprint density at radius 1 is 1.17 bits per heavy atom. The van der Waals surface area contributed by atoms with Gasteiger partial charge in [0.1, 0.15) is 0 Å². The Morgan fingerprint density at radius 2 is 1.83 bits per heavy atom. The second-order valence-electron chi connectivity index (χ2n) is 4.64. The largest absolute Gasteiger partial charge is 0.481 e. The molecule has 0 spiro atoms. The molecule has 0 rings (SSSR count). The summed E-state index contributed by atoms with van der Waals surface area (Å²) in [6.45, 7) is 4.46. The van der Waals surface area contributed by atoms with Crippen molar-refractivity contribution in [2.75, 3.05) is 6.54 Å². The third-order valence-electron chi connectivity index (χ3n) is 3.04. The van der Waals surface area contributed by atoms with Gasteiger partial charge in [0, 0.05) is 13.0 Å². The SMILES string of the molecule is C=CC(CC=CCN)CCCCCCCC(=O)O. The highest BCUT2D eigenvalue weighted by Gasteiger charge is 2.02. The maximum absolute atomic E-state index is 10.3. The zero-order chi connectivity index (χ0) is 13.6. The monoisotopic (exact) mass is 253 g/mol. The first-order chi connectivity index (χ1) is 8.70. The molecule has 1 unspecified atom stereocenters. The van der Waals surface area contributed by atoms with Crippen LogP contribution in [0.5, 0.6) is 0 Å². The maximum Gasteiger partial charge on any atom is 0.303 e. The van der Waals surface area contributed by atoms with Crippen LogP contribution >= 0.6 is 0 Å². The average molecular weight is 253 g/mol. The van der Waals surface area contributed by atoms with Crippen LogP contribution in [0.2, 0.25) is 0 Å². The summed E-state index contributed by atoms with van der Waals surface area (Å²) in [5.74, 6) is -0.139. The number of allylic oxidation sites excluding steroid dienone is 2. The van der Waals surface area contributed by atoms with Crippen molar-refractivity contribution in [1.29, 1.82) is 0 Å². The van der Waals surface area contributed by atoms with Crippen molar-refractivity contribution in [3.05, 3.63) is 24.8 Å². The Balaban J connectivity index is 3.42. The molecule has 0 aromatic rings. The molecule has 0 saturated carbocycles. The first kappa shape index (κ1) is 16.9. The third-order valence-corrected chi connectivity index (χ3v) is 3.04. The van der Waals surface area contributed by atoms with Gasteiger partial charge in [-0.2, -0.15) is 0 Å². The van der Waals surface area contributed by atoms with Gasteiger partial charge >= 0.3 is 5.97 Å². The fourth-order valence-electron chi connectivity index (χ4n) is 1.91. The highest BCUT2D eigenvalue weighted by Crippen LogP contribution is 2.16. The van der Waals surface area contributed by atoms with Gasteiger partial charge < -0.3 is 10.8 Å². The molecule has 3 N–H and O–H groups in total. The van der Waals surface area contributed by atoms with Crippen LogP contribution in [-0.4, -0.2) is 17.6 Å². The lowest BCUT2D eigenvalue weighted by molar-refractivity contribution is -0.137. The molecule has 0 radical (unpaired) electrons. The van der Waals surface area contributed by atoms with E-state index in [1.54, 1.807) is 0 Å². The summed E-state index contributed by atoms with van der Waals surface area (Å²) in [4.78, 5) is 10.3. The summed E-state index contributed by atoms with van der Waals surface area (Å²) in [7, 11) is 0. The van der Waals surface area contributed by atoms with Gasteiger partial charge in [0.05, 0.1) is 0 Å². The van der Waals surface area contributed by atoms with Gasteiger partial charge in [-0.05, 0) is 25.2 Å². The molecule has 0 aliphatic heterocycles. The summed E-state index contributed by atoms with van der Waals surface area (Å²) < 4.78 is 0. The Kier molecular flexibility index (Phi) is 11.6. The van der Waals surface area contributed by atoms with E-state index in [-0.39, 0.29) is 0 Å². The Bertz CT molecular complexity index is 249. The molecule has 0 fully saturated rings. The topological polar surface area (TPSA) is 63.3 Å². The second kappa shape index (κ2) is 12.4. The van der Waals surface area contributed by atoms with E-state index < -0.39 is 5.97 Å². The van der Waals surface area contributed by atoms with E-state index in [4.69, 9.17) is 10.8 Å². The highest BCUT2D eigenvalue weighted by atomic mass is 16.4. The van der Waals surface area contributed by atoms with Crippen LogP contribution in [-0.2, 0) is 4.79 Å². The molecule has 0 saturated heterocycles. The van der Waals surface area contributed by atoms with Gasteiger partial charge in [-0.25, -0.2) is 0 Å². The number of nitrogens with two attached hydrogens (primary N) is 1. The minimum absolute atomic E-state index is 0.305. The van der Waals surface area contributed by atoms with Crippen LogP contribution in [0, 0.1) is 5.92 Å². The van der Waals surface area contributed by atoms with E-state index in [0.717, 1.165) is 32.1 Å². The smallest absolute Gasteiger partial charge is 0.303 e. The van der Waals surface area contributed by atoms with Crippen LogP contribution in [0.4, 0.5) is 0 Å². The molecule has 0 heterocycles. The van der Waals surface area contributed by atoms with Crippen molar-refractivity contribution in [1.82, 2.24) is 0 Å². The van der Waals surface area contributed by atoms with Crippen molar-refractivity contribution >= 4 is 5.97 Å². The van der Waals surface area contributed by atoms with Crippen molar-refractivity contribution in [2.45, 2.75) is 51.4 Å². The number of carbonyl (C=O) groups is 1. The van der Waals surface area contributed by atoms with E-state index in [2.05, 4.69) is 12.7 Å². The molecule has 18 heavy (non-hydrogen) atoms. The van der Waals surface area contributed by atoms with Crippen LogP contribution in [0.1, 0.15) is 51.4 Å². The Hall–Kier alpha value is -1.09.